The number of benzene rings is 1. The van der Waals surface area contributed by atoms with Crippen LogP contribution in [0.4, 0.5) is 20.6 Å². The molecule has 1 aliphatic rings. The number of anilines is 2. The third-order valence-electron chi connectivity index (χ3n) is 3.34. The molecule has 0 bridgehead atoms. The molecule has 122 valence electrons. The molecule has 1 saturated heterocycles. The first-order valence-corrected chi connectivity index (χ1v) is 9.10. The molecule has 0 aliphatic carbocycles. The largest absolute Gasteiger partial charge is 0.444 e. The number of halogens is 1. The zero-order valence-corrected chi connectivity index (χ0v) is 13.9. The molecule has 2 unspecified atom stereocenters. The van der Waals surface area contributed by atoms with Crippen LogP contribution in [0.1, 0.15) is 6.92 Å². The van der Waals surface area contributed by atoms with E-state index in [9.17, 15) is 9.18 Å². The van der Waals surface area contributed by atoms with Crippen molar-refractivity contribution in [3.8, 4) is 0 Å². The molecule has 1 amide bonds. The summed E-state index contributed by atoms with van der Waals surface area (Å²) < 4.78 is 24.6. The predicted molar refractivity (Wildman–Crippen MR) is 88.1 cm³/mol. The average molecular weight is 328 g/mol. The predicted octanol–water partition coefficient (Wildman–Crippen LogP) is 2.91. The summed E-state index contributed by atoms with van der Waals surface area (Å²) in [5.41, 5.74) is 0.933. The lowest BCUT2D eigenvalue weighted by molar-refractivity contribution is 0.151. The molecule has 1 aliphatic heterocycles. The third-order valence-corrected chi connectivity index (χ3v) is 4.20. The number of nitrogens with zero attached hydrogens (tertiary/aromatic N) is 1. The first-order chi connectivity index (χ1) is 10.7. The Balaban J connectivity index is 1.98. The highest BCUT2D eigenvalue weighted by atomic mass is 31.1. The number of hydrogen-bond acceptors (Lipinski definition) is 4. The summed E-state index contributed by atoms with van der Waals surface area (Å²) >= 11 is 0. The molecular formula is C15H22FN2O3P. The van der Waals surface area contributed by atoms with Crippen LogP contribution in [-0.4, -0.2) is 51.3 Å². The minimum absolute atomic E-state index is 0.0945. The minimum atomic E-state index is -0.403. The van der Waals surface area contributed by atoms with Crippen LogP contribution >= 0.6 is 8.58 Å². The summed E-state index contributed by atoms with van der Waals surface area (Å²) in [5, 5.41) is 2.97. The zero-order valence-electron chi connectivity index (χ0n) is 12.9. The first-order valence-electron chi connectivity index (χ1n) is 7.39. The van der Waals surface area contributed by atoms with Crippen LogP contribution in [-0.2, 0) is 9.47 Å². The molecule has 0 spiro atoms. The van der Waals surface area contributed by atoms with Gasteiger partial charge in [0.15, 0.2) is 0 Å². The van der Waals surface area contributed by atoms with Gasteiger partial charge in [-0.15, -0.1) is 8.58 Å². The van der Waals surface area contributed by atoms with Gasteiger partial charge >= 0.3 is 6.09 Å². The summed E-state index contributed by atoms with van der Waals surface area (Å²) in [7, 11) is 0.724. The van der Waals surface area contributed by atoms with Crippen molar-refractivity contribution in [1.82, 2.24) is 0 Å². The lowest BCUT2D eigenvalue weighted by Crippen LogP contribution is -2.25. The van der Waals surface area contributed by atoms with E-state index in [1.807, 2.05) is 6.92 Å². The maximum atomic E-state index is 14.1. The number of hydrogen-bond donors (Lipinski definition) is 1. The summed E-state index contributed by atoms with van der Waals surface area (Å²) in [6.45, 7) is 6.16. The lowest BCUT2D eigenvalue weighted by atomic mass is 10.2. The highest BCUT2D eigenvalue weighted by molar-refractivity contribution is 7.37. The molecule has 2 rings (SSSR count). The Bertz CT molecular complexity index is 516. The Morgan fingerprint density at radius 1 is 1.55 bits per heavy atom. The van der Waals surface area contributed by atoms with Crippen molar-refractivity contribution >= 4 is 26.0 Å². The number of amides is 1. The van der Waals surface area contributed by atoms with E-state index in [1.165, 1.54) is 11.0 Å². The second-order valence-corrected chi connectivity index (χ2v) is 6.08. The fourth-order valence-electron chi connectivity index (χ4n) is 2.28. The van der Waals surface area contributed by atoms with Crippen LogP contribution < -0.4 is 10.2 Å². The van der Waals surface area contributed by atoms with Gasteiger partial charge in [0.25, 0.3) is 0 Å². The van der Waals surface area contributed by atoms with Gasteiger partial charge in [-0.05, 0) is 31.8 Å². The van der Waals surface area contributed by atoms with Crippen LogP contribution in [0.25, 0.3) is 0 Å². The van der Waals surface area contributed by atoms with Gasteiger partial charge < -0.3 is 14.8 Å². The van der Waals surface area contributed by atoms with E-state index < -0.39 is 6.09 Å². The van der Waals surface area contributed by atoms with Gasteiger partial charge in [-0.2, -0.15) is 0 Å². The minimum Gasteiger partial charge on any atom is -0.444 e. The van der Waals surface area contributed by atoms with Gasteiger partial charge in [0.1, 0.15) is 11.9 Å². The Morgan fingerprint density at radius 3 is 3.05 bits per heavy atom. The number of cyclic esters (lactones) is 1. The van der Waals surface area contributed by atoms with E-state index >= 15 is 0 Å². The van der Waals surface area contributed by atoms with Crippen LogP contribution in [0.3, 0.4) is 0 Å². The fourth-order valence-corrected chi connectivity index (χ4v) is 2.95. The molecule has 0 radical (unpaired) electrons. The van der Waals surface area contributed by atoms with Crippen molar-refractivity contribution in [2.45, 2.75) is 13.0 Å². The summed E-state index contributed by atoms with van der Waals surface area (Å²) in [6, 6.07) is 4.73. The third kappa shape index (κ3) is 4.31. The average Bonchev–Trinajstić information content (AvgIpc) is 2.86. The molecular weight excluding hydrogens is 306 g/mol. The van der Waals surface area contributed by atoms with Crippen molar-refractivity contribution in [3.05, 3.63) is 24.0 Å². The van der Waals surface area contributed by atoms with Gasteiger partial charge in [0.2, 0.25) is 0 Å². The quantitative estimate of drug-likeness (QED) is 0.589. The molecule has 1 heterocycles. The Kier molecular flexibility index (Phi) is 6.40. The number of nitrogens with one attached hydrogen (secondary N) is 1. The number of carbonyl (C=O) groups is 1. The smallest absolute Gasteiger partial charge is 0.414 e. The molecule has 7 heteroatoms. The van der Waals surface area contributed by atoms with E-state index in [2.05, 4.69) is 12.0 Å². The maximum absolute atomic E-state index is 14.1. The monoisotopic (exact) mass is 328 g/mol. The van der Waals surface area contributed by atoms with Crippen molar-refractivity contribution in [3.63, 3.8) is 0 Å². The zero-order chi connectivity index (χ0) is 15.9. The van der Waals surface area contributed by atoms with Gasteiger partial charge in [0.05, 0.1) is 24.5 Å². The molecule has 1 fully saturated rings. The van der Waals surface area contributed by atoms with E-state index in [4.69, 9.17) is 9.47 Å². The van der Waals surface area contributed by atoms with Crippen molar-refractivity contribution in [2.75, 3.05) is 49.3 Å². The maximum Gasteiger partial charge on any atom is 0.414 e. The molecule has 1 aromatic carbocycles. The van der Waals surface area contributed by atoms with Crippen molar-refractivity contribution in [1.29, 1.82) is 0 Å². The molecule has 22 heavy (non-hydrogen) atoms. The van der Waals surface area contributed by atoms with E-state index in [0.29, 0.717) is 37.7 Å². The van der Waals surface area contributed by atoms with Gasteiger partial charge in [0, 0.05) is 19.3 Å². The lowest BCUT2D eigenvalue weighted by Gasteiger charge is -2.15. The summed E-state index contributed by atoms with van der Waals surface area (Å²) in [4.78, 5) is 13.3. The molecule has 1 N–H and O–H groups in total. The van der Waals surface area contributed by atoms with Gasteiger partial charge in [-0.3, -0.25) is 4.90 Å². The Labute approximate surface area is 131 Å². The number of ether oxygens (including phenoxy) is 2. The van der Waals surface area contributed by atoms with E-state index in [-0.39, 0.29) is 11.9 Å². The van der Waals surface area contributed by atoms with Crippen LogP contribution in [0.5, 0.6) is 0 Å². The second-order valence-electron chi connectivity index (χ2n) is 4.96. The summed E-state index contributed by atoms with van der Waals surface area (Å²) in [5.74, 6) is -0.386. The highest BCUT2D eigenvalue weighted by Crippen LogP contribution is 2.27. The highest BCUT2D eigenvalue weighted by Gasteiger charge is 2.32. The Morgan fingerprint density at radius 2 is 2.36 bits per heavy atom. The topological polar surface area (TPSA) is 50.8 Å². The SMILES string of the molecule is CCOCCNc1ccc(N2CC(CPC)OC2=O)cc1F. The first kappa shape index (κ1) is 17.0. The van der Waals surface area contributed by atoms with Gasteiger partial charge in [-0.25, -0.2) is 9.18 Å². The van der Waals surface area contributed by atoms with Gasteiger partial charge in [-0.1, -0.05) is 0 Å². The molecule has 5 nitrogen and oxygen atoms in total. The van der Waals surface area contributed by atoms with Crippen LogP contribution in [0.15, 0.2) is 18.2 Å². The van der Waals surface area contributed by atoms with Crippen molar-refractivity contribution in [2.24, 2.45) is 0 Å². The fraction of sp³-hybridized carbons (Fsp3) is 0.533. The van der Waals surface area contributed by atoms with Crippen LogP contribution in [0.2, 0.25) is 0 Å². The van der Waals surface area contributed by atoms with Crippen LogP contribution in [0, 0.1) is 5.82 Å². The second kappa shape index (κ2) is 8.30. The normalized spacial score (nSPS) is 18.2. The standard InChI is InChI=1S/C15H22FN2O3P/c1-3-20-7-6-17-14-5-4-11(8-13(14)16)18-9-12(10-22-2)21-15(18)19/h4-5,8,12,17,22H,3,6-7,9-10H2,1-2H3. The Hall–Kier alpha value is -1.39. The number of rotatable bonds is 8. The van der Waals surface area contributed by atoms with E-state index in [1.54, 1.807) is 12.1 Å². The van der Waals surface area contributed by atoms with E-state index in [0.717, 1.165) is 14.7 Å². The molecule has 2 atom stereocenters. The summed E-state index contributed by atoms with van der Waals surface area (Å²) in [6.07, 6.45) is 0.351. The number of carbonyl (C=O) groups excluding carboxylic acids is 1. The van der Waals surface area contributed by atoms with Crippen molar-refractivity contribution < 1.29 is 18.7 Å². The molecule has 1 aromatic rings. The molecule has 0 aromatic heterocycles. The molecule has 0 saturated carbocycles.